The van der Waals surface area contributed by atoms with Crippen molar-refractivity contribution < 1.29 is 0 Å². The average Bonchev–Trinajstić information content (AvgIpc) is 3.62. The third kappa shape index (κ3) is 6.10. The summed E-state index contributed by atoms with van der Waals surface area (Å²) in [5.74, 6) is 0. The predicted molar refractivity (Wildman–Crippen MR) is 231 cm³/mol. The van der Waals surface area contributed by atoms with Crippen LogP contribution in [0.5, 0.6) is 0 Å². The molecule has 4 aromatic heterocycles. The predicted octanol–water partition coefficient (Wildman–Crippen LogP) is 13.5. The summed E-state index contributed by atoms with van der Waals surface area (Å²) in [6, 6.07) is 36.5. The fourth-order valence-corrected chi connectivity index (χ4v) is 7.79. The Balaban J connectivity index is 1.41. The van der Waals surface area contributed by atoms with Crippen LogP contribution in [0.25, 0.3) is 66.1 Å². The highest BCUT2D eigenvalue weighted by molar-refractivity contribution is 6.10. The zero-order valence-electron chi connectivity index (χ0n) is 34.2. The lowest BCUT2D eigenvalue weighted by molar-refractivity contribution is 0.570. The topological polar surface area (TPSA) is 35.6 Å². The molecule has 0 spiro atoms. The maximum atomic E-state index is 5.03. The van der Waals surface area contributed by atoms with Crippen molar-refractivity contribution in [2.24, 2.45) is 0 Å². The molecule has 0 radical (unpaired) electrons. The molecular formula is C50H54N4. The number of aromatic nitrogens is 4. The van der Waals surface area contributed by atoms with E-state index in [-0.39, 0.29) is 21.7 Å². The van der Waals surface area contributed by atoms with Crippen LogP contribution in [0.15, 0.2) is 109 Å². The van der Waals surface area contributed by atoms with Crippen LogP contribution < -0.4 is 0 Å². The minimum atomic E-state index is -0.0745. The second-order valence-electron chi connectivity index (χ2n) is 19.4. The van der Waals surface area contributed by atoms with Crippen molar-refractivity contribution in [3.63, 3.8) is 0 Å². The van der Waals surface area contributed by atoms with Gasteiger partial charge in [0.05, 0.1) is 34.5 Å². The molecular weight excluding hydrogens is 657 g/mol. The quantitative estimate of drug-likeness (QED) is 0.183. The van der Waals surface area contributed by atoms with E-state index in [0.717, 1.165) is 33.8 Å². The minimum Gasteiger partial charge on any atom is -0.308 e. The highest BCUT2D eigenvalue weighted by atomic mass is 15.0. The van der Waals surface area contributed by atoms with E-state index in [0.29, 0.717) is 0 Å². The van der Waals surface area contributed by atoms with Gasteiger partial charge in [0.15, 0.2) is 0 Å². The summed E-state index contributed by atoms with van der Waals surface area (Å²) in [6.45, 7) is 27.3. The van der Waals surface area contributed by atoms with Crippen molar-refractivity contribution in [3.05, 3.63) is 132 Å². The molecule has 4 heterocycles. The normalized spacial score (nSPS) is 13.2. The van der Waals surface area contributed by atoms with Gasteiger partial charge in [0.25, 0.3) is 0 Å². The number of nitrogens with zero attached hydrogens (tertiary/aromatic N) is 4. The summed E-state index contributed by atoms with van der Waals surface area (Å²) in [4.78, 5) is 10.1. The van der Waals surface area contributed by atoms with E-state index in [9.17, 15) is 0 Å². The molecule has 0 unspecified atom stereocenters. The van der Waals surface area contributed by atoms with Gasteiger partial charge in [-0.3, -0.25) is 9.97 Å². The van der Waals surface area contributed by atoms with Crippen LogP contribution >= 0.6 is 0 Å². The molecule has 0 saturated heterocycles. The van der Waals surface area contributed by atoms with Crippen molar-refractivity contribution in [1.82, 2.24) is 19.1 Å². The van der Waals surface area contributed by atoms with Gasteiger partial charge in [0.2, 0.25) is 0 Å². The monoisotopic (exact) mass is 710 g/mol. The van der Waals surface area contributed by atoms with Crippen LogP contribution in [0.3, 0.4) is 0 Å². The molecule has 0 N–H and O–H groups in total. The smallest absolute Gasteiger partial charge is 0.0724 e. The third-order valence-corrected chi connectivity index (χ3v) is 11.1. The SMILES string of the molecule is CC(C)(C)c1cc(-c2cc(-n3c4ccccc4c4cc(C(C)(C)C)ncc43)cc(C(C)(C)C)c2)cc(-n2c3ccccc3c3cc(C(C)(C)C)ncc32)c1. The Bertz CT molecular complexity index is 2550. The Kier molecular flexibility index (Phi) is 8.05. The summed E-state index contributed by atoms with van der Waals surface area (Å²) < 4.78 is 4.84. The highest BCUT2D eigenvalue weighted by Gasteiger charge is 2.25. The fraction of sp³-hybridized carbons (Fsp3) is 0.320. The van der Waals surface area contributed by atoms with E-state index < -0.39 is 0 Å². The van der Waals surface area contributed by atoms with Gasteiger partial charge in [-0.05, 0) is 81.6 Å². The number of benzene rings is 4. The molecule has 4 aromatic carbocycles. The van der Waals surface area contributed by atoms with Crippen LogP contribution in [0.2, 0.25) is 0 Å². The molecule has 0 saturated carbocycles. The number of hydrogen-bond acceptors (Lipinski definition) is 2. The van der Waals surface area contributed by atoms with Crippen molar-refractivity contribution in [3.8, 4) is 22.5 Å². The first-order chi connectivity index (χ1) is 25.3. The molecule has 8 aromatic rings. The van der Waals surface area contributed by atoms with Crippen LogP contribution in [-0.2, 0) is 21.7 Å². The maximum absolute atomic E-state index is 5.03. The highest BCUT2D eigenvalue weighted by Crippen LogP contribution is 2.41. The molecule has 0 fully saturated rings. The number of pyridine rings is 2. The van der Waals surface area contributed by atoms with Gasteiger partial charge in [0, 0.05) is 55.1 Å². The summed E-state index contributed by atoms with van der Waals surface area (Å²) in [7, 11) is 0. The fourth-order valence-electron chi connectivity index (χ4n) is 7.79. The lowest BCUT2D eigenvalue weighted by atomic mass is 9.82. The van der Waals surface area contributed by atoms with Crippen LogP contribution in [0.4, 0.5) is 0 Å². The number of rotatable bonds is 3. The Morgan fingerprint density at radius 1 is 0.370 bits per heavy atom. The Morgan fingerprint density at radius 3 is 1.09 bits per heavy atom. The van der Waals surface area contributed by atoms with Gasteiger partial charge < -0.3 is 9.13 Å². The van der Waals surface area contributed by atoms with E-state index >= 15 is 0 Å². The second-order valence-corrected chi connectivity index (χ2v) is 19.4. The Morgan fingerprint density at radius 2 is 0.741 bits per heavy atom. The standard InChI is InChI=1S/C50H54N4/c1-47(2,3)33-21-31(23-35(25-33)53-41-19-15-13-17-37(41)39-27-45(49(7,8)9)51-29-43(39)53)32-22-34(48(4,5)6)26-36(24-32)54-42-20-16-14-18-38(42)40-28-46(50(10,11)12)52-30-44(40)54/h13-30H,1-12H3. The zero-order chi connectivity index (χ0) is 38.5. The van der Waals surface area contributed by atoms with Gasteiger partial charge in [-0.25, -0.2) is 0 Å². The minimum absolute atomic E-state index is 0.0478. The first-order valence-corrected chi connectivity index (χ1v) is 19.4. The molecule has 0 aliphatic rings. The number of fused-ring (bicyclic) bond motifs is 6. The summed E-state index contributed by atoms with van der Waals surface area (Å²) in [6.07, 6.45) is 4.16. The lowest BCUT2D eigenvalue weighted by Gasteiger charge is -2.25. The van der Waals surface area contributed by atoms with E-state index in [2.05, 4.69) is 202 Å². The van der Waals surface area contributed by atoms with Crippen molar-refractivity contribution >= 4 is 43.6 Å². The second kappa shape index (κ2) is 12.1. The summed E-state index contributed by atoms with van der Waals surface area (Å²) >= 11 is 0. The molecule has 0 amide bonds. The van der Waals surface area contributed by atoms with E-state index in [4.69, 9.17) is 9.97 Å². The molecule has 4 heteroatoms. The molecule has 0 aliphatic carbocycles. The molecule has 0 bridgehead atoms. The van der Waals surface area contributed by atoms with Gasteiger partial charge in [-0.1, -0.05) is 132 Å². The molecule has 8 rings (SSSR count). The van der Waals surface area contributed by atoms with Gasteiger partial charge in [-0.2, -0.15) is 0 Å². The lowest BCUT2D eigenvalue weighted by Crippen LogP contribution is -2.14. The number of hydrogen-bond donors (Lipinski definition) is 0. The van der Waals surface area contributed by atoms with Crippen molar-refractivity contribution in [2.45, 2.75) is 105 Å². The molecule has 0 atom stereocenters. The maximum Gasteiger partial charge on any atom is 0.0724 e. The van der Waals surface area contributed by atoms with Gasteiger partial charge in [0.1, 0.15) is 0 Å². The largest absolute Gasteiger partial charge is 0.308 e. The van der Waals surface area contributed by atoms with E-state index in [1.54, 1.807) is 0 Å². The third-order valence-electron chi connectivity index (χ3n) is 11.1. The molecule has 0 aliphatic heterocycles. The van der Waals surface area contributed by atoms with Gasteiger partial charge >= 0.3 is 0 Å². The zero-order valence-corrected chi connectivity index (χ0v) is 34.2. The first-order valence-electron chi connectivity index (χ1n) is 19.4. The van der Waals surface area contributed by atoms with E-state index in [1.165, 1.54) is 54.8 Å². The summed E-state index contributed by atoms with van der Waals surface area (Å²) in [5.41, 5.74) is 13.8. The van der Waals surface area contributed by atoms with Crippen LogP contribution in [-0.4, -0.2) is 19.1 Å². The molecule has 4 nitrogen and oxygen atoms in total. The first kappa shape index (κ1) is 35.8. The van der Waals surface area contributed by atoms with Crippen LogP contribution in [0.1, 0.15) is 106 Å². The summed E-state index contributed by atoms with van der Waals surface area (Å²) in [5, 5.41) is 4.96. The van der Waals surface area contributed by atoms with E-state index in [1.807, 2.05) is 0 Å². The Hall–Kier alpha value is -5.22. The molecule has 54 heavy (non-hydrogen) atoms. The van der Waals surface area contributed by atoms with Crippen molar-refractivity contribution in [1.29, 1.82) is 0 Å². The molecule has 274 valence electrons. The average molecular weight is 711 g/mol. The number of para-hydroxylation sites is 2. The van der Waals surface area contributed by atoms with Gasteiger partial charge in [-0.15, -0.1) is 0 Å². The van der Waals surface area contributed by atoms with Crippen LogP contribution in [0, 0.1) is 0 Å². The van der Waals surface area contributed by atoms with Crippen molar-refractivity contribution in [2.75, 3.05) is 0 Å². The Labute approximate surface area is 320 Å².